The number of hydrogen-bond donors (Lipinski definition) is 1. The lowest BCUT2D eigenvalue weighted by atomic mass is 10.4. The average molecular weight is 193 g/mol. The van der Waals surface area contributed by atoms with Gasteiger partial charge in [-0.2, -0.15) is 0 Å². The van der Waals surface area contributed by atoms with Gasteiger partial charge in [-0.3, -0.25) is 4.79 Å². The minimum absolute atomic E-state index is 0.0802. The van der Waals surface area contributed by atoms with Crippen molar-refractivity contribution in [1.29, 1.82) is 0 Å². The van der Waals surface area contributed by atoms with Crippen molar-refractivity contribution >= 4 is 17.7 Å². The first kappa shape index (κ1) is 9.86. The molecule has 0 aliphatic carbocycles. The zero-order valence-corrected chi connectivity index (χ0v) is 8.17. The zero-order valence-electron chi connectivity index (χ0n) is 7.36. The Kier molecular flexibility index (Phi) is 4.12. The molecule has 0 aliphatic heterocycles. The molecule has 1 aromatic rings. The number of hydrogen-bond acceptors (Lipinski definition) is 2. The molecule has 3 heteroatoms. The van der Waals surface area contributed by atoms with Crippen molar-refractivity contribution in [1.82, 2.24) is 5.32 Å². The van der Waals surface area contributed by atoms with E-state index in [1.165, 1.54) is 17.8 Å². The summed E-state index contributed by atoms with van der Waals surface area (Å²) in [7, 11) is 1.61. The van der Waals surface area contributed by atoms with Crippen molar-refractivity contribution in [3.63, 3.8) is 0 Å². The fourth-order valence-electron chi connectivity index (χ4n) is 0.757. The number of carbonyl (C=O) groups excluding carboxylic acids is 1. The Morgan fingerprint density at radius 3 is 2.69 bits per heavy atom. The predicted octanol–water partition coefficient (Wildman–Crippen LogP) is 2.04. The molecule has 13 heavy (non-hydrogen) atoms. The largest absolute Gasteiger partial charge is 0.356 e. The summed E-state index contributed by atoms with van der Waals surface area (Å²) in [6, 6.07) is 9.90. The number of likely N-dealkylation sites (N-methyl/N-ethyl adjacent to an activating group) is 1. The Bertz CT molecular complexity index is 295. The lowest BCUT2D eigenvalue weighted by Gasteiger charge is -1.93. The number of thioether (sulfide) groups is 1. The number of amides is 1. The third-order valence-electron chi connectivity index (χ3n) is 1.41. The molecule has 2 nitrogen and oxygen atoms in total. The summed E-state index contributed by atoms with van der Waals surface area (Å²) in [5, 5.41) is 4.28. The van der Waals surface area contributed by atoms with Crippen LogP contribution in [0.15, 0.2) is 46.7 Å². The molecule has 0 radical (unpaired) electrons. The van der Waals surface area contributed by atoms with Gasteiger partial charge in [0.2, 0.25) is 5.91 Å². The van der Waals surface area contributed by atoms with Gasteiger partial charge < -0.3 is 5.32 Å². The molecule has 0 heterocycles. The van der Waals surface area contributed by atoms with E-state index in [4.69, 9.17) is 0 Å². The van der Waals surface area contributed by atoms with Gasteiger partial charge in [-0.05, 0) is 17.5 Å². The molecule has 0 saturated heterocycles. The Balaban J connectivity index is 2.44. The zero-order chi connectivity index (χ0) is 9.52. The fraction of sp³-hybridized carbons (Fsp3) is 0.100. The van der Waals surface area contributed by atoms with E-state index in [2.05, 4.69) is 5.32 Å². The van der Waals surface area contributed by atoms with Crippen LogP contribution in [-0.2, 0) is 4.79 Å². The highest BCUT2D eigenvalue weighted by atomic mass is 32.2. The van der Waals surface area contributed by atoms with Crippen LogP contribution in [0.1, 0.15) is 0 Å². The molecule has 0 fully saturated rings. The Hall–Kier alpha value is -1.22. The minimum Gasteiger partial charge on any atom is -0.356 e. The van der Waals surface area contributed by atoms with Crippen LogP contribution in [-0.4, -0.2) is 13.0 Å². The SMILES string of the molecule is CNC(=O)C=CSc1ccccc1. The van der Waals surface area contributed by atoms with E-state index in [0.717, 1.165) is 4.90 Å². The monoisotopic (exact) mass is 193 g/mol. The average Bonchev–Trinajstić information content (AvgIpc) is 2.19. The van der Waals surface area contributed by atoms with Gasteiger partial charge in [0.25, 0.3) is 0 Å². The molecule has 0 aromatic heterocycles. The summed E-state index contributed by atoms with van der Waals surface area (Å²) < 4.78 is 0. The first-order valence-corrected chi connectivity index (χ1v) is 4.81. The molecule has 68 valence electrons. The maximum absolute atomic E-state index is 10.8. The summed E-state index contributed by atoms with van der Waals surface area (Å²) in [6.07, 6.45) is 1.51. The molecule has 0 bridgehead atoms. The predicted molar refractivity (Wildman–Crippen MR) is 55.5 cm³/mol. The number of rotatable bonds is 3. The quantitative estimate of drug-likeness (QED) is 0.588. The van der Waals surface area contributed by atoms with Crippen LogP contribution in [0.3, 0.4) is 0 Å². The second-order valence-electron chi connectivity index (χ2n) is 2.35. The molecule has 0 saturated carbocycles. The van der Waals surface area contributed by atoms with Crippen molar-refractivity contribution in [3.05, 3.63) is 41.8 Å². The third-order valence-corrected chi connectivity index (χ3v) is 2.23. The lowest BCUT2D eigenvalue weighted by molar-refractivity contribution is -0.116. The number of benzene rings is 1. The Morgan fingerprint density at radius 1 is 1.38 bits per heavy atom. The molecule has 1 N–H and O–H groups in total. The van der Waals surface area contributed by atoms with Crippen molar-refractivity contribution in [2.24, 2.45) is 0 Å². The summed E-state index contributed by atoms with van der Waals surface area (Å²) in [5.74, 6) is -0.0802. The van der Waals surface area contributed by atoms with E-state index in [1.807, 2.05) is 30.3 Å². The van der Waals surface area contributed by atoms with Gasteiger partial charge in [0.05, 0.1) is 0 Å². The van der Waals surface area contributed by atoms with E-state index in [1.54, 1.807) is 12.5 Å². The molecule has 1 aromatic carbocycles. The summed E-state index contributed by atoms with van der Waals surface area (Å²) in [5.41, 5.74) is 0. The van der Waals surface area contributed by atoms with Crippen LogP contribution in [0, 0.1) is 0 Å². The first-order chi connectivity index (χ1) is 6.33. The van der Waals surface area contributed by atoms with Gasteiger partial charge in [-0.15, -0.1) is 0 Å². The maximum atomic E-state index is 10.8. The lowest BCUT2D eigenvalue weighted by Crippen LogP contribution is -2.13. The van der Waals surface area contributed by atoms with Crippen LogP contribution in [0.4, 0.5) is 0 Å². The van der Waals surface area contributed by atoms with Gasteiger partial charge in [0.15, 0.2) is 0 Å². The highest BCUT2D eigenvalue weighted by Gasteiger charge is 1.89. The van der Waals surface area contributed by atoms with Crippen LogP contribution in [0.25, 0.3) is 0 Å². The molecule has 0 spiro atoms. The van der Waals surface area contributed by atoms with E-state index in [-0.39, 0.29) is 5.91 Å². The van der Waals surface area contributed by atoms with Gasteiger partial charge >= 0.3 is 0 Å². The fourth-order valence-corrected chi connectivity index (χ4v) is 1.42. The third kappa shape index (κ3) is 3.80. The molecule has 1 rings (SSSR count). The van der Waals surface area contributed by atoms with Gasteiger partial charge in [0, 0.05) is 18.0 Å². The van der Waals surface area contributed by atoms with Crippen molar-refractivity contribution in [3.8, 4) is 0 Å². The highest BCUT2D eigenvalue weighted by Crippen LogP contribution is 2.17. The van der Waals surface area contributed by atoms with Crippen molar-refractivity contribution in [2.45, 2.75) is 4.90 Å². The van der Waals surface area contributed by atoms with Crippen molar-refractivity contribution < 1.29 is 4.79 Å². The van der Waals surface area contributed by atoms with E-state index < -0.39 is 0 Å². The van der Waals surface area contributed by atoms with Crippen LogP contribution >= 0.6 is 11.8 Å². The number of carbonyl (C=O) groups is 1. The van der Waals surface area contributed by atoms with E-state index >= 15 is 0 Å². The number of nitrogens with one attached hydrogen (secondary N) is 1. The Morgan fingerprint density at radius 2 is 2.08 bits per heavy atom. The summed E-state index contributed by atoms with van der Waals surface area (Å²) in [4.78, 5) is 11.9. The molecule has 0 unspecified atom stereocenters. The van der Waals surface area contributed by atoms with E-state index in [0.29, 0.717) is 0 Å². The highest BCUT2D eigenvalue weighted by molar-refractivity contribution is 8.02. The molecule has 1 amide bonds. The molecular formula is C10H11NOS. The van der Waals surface area contributed by atoms with Crippen LogP contribution in [0.2, 0.25) is 0 Å². The van der Waals surface area contributed by atoms with Crippen molar-refractivity contribution in [2.75, 3.05) is 7.05 Å². The normalized spacial score (nSPS) is 10.2. The van der Waals surface area contributed by atoms with E-state index in [9.17, 15) is 4.79 Å². The van der Waals surface area contributed by atoms with Gasteiger partial charge in [0.1, 0.15) is 0 Å². The van der Waals surface area contributed by atoms with Crippen LogP contribution in [0.5, 0.6) is 0 Å². The summed E-state index contributed by atoms with van der Waals surface area (Å²) >= 11 is 1.52. The molecule has 0 atom stereocenters. The smallest absolute Gasteiger partial charge is 0.244 e. The second kappa shape index (κ2) is 5.43. The topological polar surface area (TPSA) is 29.1 Å². The van der Waals surface area contributed by atoms with Gasteiger partial charge in [-0.1, -0.05) is 30.0 Å². The summed E-state index contributed by atoms with van der Waals surface area (Å²) in [6.45, 7) is 0. The minimum atomic E-state index is -0.0802. The Labute approximate surface area is 82.0 Å². The van der Waals surface area contributed by atoms with Gasteiger partial charge in [-0.25, -0.2) is 0 Å². The molecule has 0 aliphatic rings. The maximum Gasteiger partial charge on any atom is 0.244 e. The molecular weight excluding hydrogens is 182 g/mol. The first-order valence-electron chi connectivity index (χ1n) is 3.93. The standard InChI is InChI=1S/C10H11NOS/c1-11-10(12)7-8-13-9-5-3-2-4-6-9/h2-8H,1H3,(H,11,12). The second-order valence-corrected chi connectivity index (χ2v) is 3.33. The van der Waals surface area contributed by atoms with Crippen LogP contribution < -0.4 is 5.32 Å².